The molecule has 0 radical (unpaired) electrons. The second kappa shape index (κ2) is 11.6. The van der Waals surface area contributed by atoms with Crippen LogP contribution in [0.4, 0.5) is 0 Å². The quantitative estimate of drug-likeness (QED) is 0.314. The summed E-state index contributed by atoms with van der Waals surface area (Å²) in [6.07, 6.45) is 2.79. The van der Waals surface area contributed by atoms with Crippen molar-refractivity contribution in [3.05, 3.63) is 75.5 Å². The number of carbonyl (C=O) groups is 3. The molecule has 9 nitrogen and oxygen atoms in total. The zero-order chi connectivity index (χ0) is 26.5. The number of primary amides is 1. The molecule has 194 valence electrons. The zero-order valence-corrected chi connectivity index (χ0v) is 22.0. The number of likely N-dealkylation sites (tertiary alicyclic amines) is 1. The van der Waals surface area contributed by atoms with E-state index in [1.807, 2.05) is 36.1 Å². The molecule has 2 atom stereocenters. The lowest BCUT2D eigenvalue weighted by Gasteiger charge is -2.29. The maximum absolute atomic E-state index is 13.4. The lowest BCUT2D eigenvalue weighted by molar-refractivity contribution is -0.131. The van der Waals surface area contributed by atoms with Gasteiger partial charge in [0.25, 0.3) is 0 Å². The van der Waals surface area contributed by atoms with Gasteiger partial charge in [0.2, 0.25) is 17.7 Å². The summed E-state index contributed by atoms with van der Waals surface area (Å²) in [5, 5.41) is 12.3. The molecule has 4 N–H and O–H groups in total. The number of allylic oxidation sites excluding steroid dienone is 1. The first-order chi connectivity index (χ1) is 17.8. The highest BCUT2D eigenvalue weighted by Gasteiger charge is 2.37. The summed E-state index contributed by atoms with van der Waals surface area (Å²) in [6, 6.07) is 12.2. The number of rotatable bonds is 9. The molecule has 2 amide bonds. The molecule has 1 saturated heterocycles. The topological polar surface area (TPSA) is 134 Å². The lowest BCUT2D eigenvalue weighted by atomic mass is 10.0. The molecule has 2 aromatic carbocycles. The zero-order valence-electron chi connectivity index (χ0n) is 20.4. The van der Waals surface area contributed by atoms with Gasteiger partial charge in [-0.2, -0.15) is 0 Å². The Bertz CT molecular complexity index is 1240. The smallest absolute Gasteiger partial charge is 0.365 e. The van der Waals surface area contributed by atoms with Gasteiger partial charge in [0.1, 0.15) is 17.8 Å². The van der Waals surface area contributed by atoms with Crippen molar-refractivity contribution in [3.8, 4) is 5.75 Å². The van der Waals surface area contributed by atoms with Gasteiger partial charge in [-0.1, -0.05) is 41.4 Å². The van der Waals surface area contributed by atoms with Gasteiger partial charge >= 0.3 is 5.97 Å². The molecule has 2 heterocycles. The molecule has 10 heteroatoms. The Morgan fingerprint density at radius 1 is 1.22 bits per heavy atom. The second-order valence-electron chi connectivity index (χ2n) is 9.04. The number of benzene rings is 2. The molecule has 0 aromatic heterocycles. The van der Waals surface area contributed by atoms with Gasteiger partial charge in [-0.25, -0.2) is 9.79 Å². The van der Waals surface area contributed by atoms with Gasteiger partial charge in [-0.05, 0) is 61.2 Å². The first-order valence-electron chi connectivity index (χ1n) is 12.2. The molecule has 2 aliphatic heterocycles. The fourth-order valence-corrected chi connectivity index (χ4v) is 4.82. The van der Waals surface area contributed by atoms with Crippen molar-refractivity contribution in [2.45, 2.75) is 51.1 Å². The van der Waals surface area contributed by atoms with Crippen LogP contribution in [0.2, 0.25) is 0 Å². The van der Waals surface area contributed by atoms with Crippen molar-refractivity contribution in [2.24, 2.45) is 10.7 Å². The predicted octanol–water partition coefficient (Wildman–Crippen LogP) is 3.15. The van der Waals surface area contributed by atoms with Crippen LogP contribution in [0.3, 0.4) is 0 Å². The Kier molecular flexibility index (Phi) is 8.27. The minimum absolute atomic E-state index is 0.109. The number of nitrogens with two attached hydrogens (primary N) is 1. The standard InChI is InChI=1S/C27H29BrN4O5/c1-2-4-21(23-27(36)37-26(31-23)17-8-10-18(28)11-9-17)32-14-3-5-22(32)25(35)30-20(24(29)34)15-16-6-12-19(33)13-7-16/h6-13,20,22,33H,2-5,14-15H2,1H3,(H2,29,34)(H,30,35)/b23-21-/t20-,22-/m0/s1. The van der Waals surface area contributed by atoms with Gasteiger partial charge < -0.3 is 25.8 Å². The van der Waals surface area contributed by atoms with Crippen LogP contribution in [0.25, 0.3) is 0 Å². The molecule has 2 aromatic rings. The minimum atomic E-state index is -0.916. The number of nitrogens with zero attached hydrogens (tertiary/aromatic N) is 2. The summed E-state index contributed by atoms with van der Waals surface area (Å²) in [5.74, 6) is -1.20. The van der Waals surface area contributed by atoms with Crippen LogP contribution in [-0.2, 0) is 25.5 Å². The summed E-state index contributed by atoms with van der Waals surface area (Å²) in [4.78, 5) is 44.8. The normalized spacial score (nSPS) is 19.3. The fraction of sp³-hybridized carbons (Fsp3) is 0.333. The van der Waals surface area contributed by atoms with Crippen molar-refractivity contribution in [1.29, 1.82) is 0 Å². The van der Waals surface area contributed by atoms with E-state index >= 15 is 0 Å². The second-order valence-corrected chi connectivity index (χ2v) is 9.96. The fourth-order valence-electron chi connectivity index (χ4n) is 4.56. The van der Waals surface area contributed by atoms with Crippen LogP contribution in [0.15, 0.2) is 69.4 Å². The molecule has 0 unspecified atom stereocenters. The van der Waals surface area contributed by atoms with E-state index in [9.17, 15) is 19.5 Å². The largest absolute Gasteiger partial charge is 0.508 e. The minimum Gasteiger partial charge on any atom is -0.508 e. The SMILES string of the molecule is CCC/C(=C1/N=C(c2ccc(Br)cc2)OC1=O)N1CCC[C@H]1C(=O)N[C@@H](Cc1ccc(O)cc1)C(N)=O. The molecule has 0 saturated carbocycles. The van der Waals surface area contributed by atoms with Crippen LogP contribution >= 0.6 is 15.9 Å². The van der Waals surface area contributed by atoms with E-state index in [1.54, 1.807) is 12.1 Å². The number of nitrogens with one attached hydrogen (secondary N) is 1. The maximum Gasteiger partial charge on any atom is 0.365 e. The van der Waals surface area contributed by atoms with Crippen LogP contribution in [0.1, 0.15) is 43.7 Å². The molecule has 37 heavy (non-hydrogen) atoms. The van der Waals surface area contributed by atoms with E-state index in [2.05, 4.69) is 26.2 Å². The third-order valence-corrected chi connectivity index (χ3v) is 6.91. The van der Waals surface area contributed by atoms with Crippen LogP contribution in [0.5, 0.6) is 5.75 Å². The summed E-state index contributed by atoms with van der Waals surface area (Å²) in [5.41, 5.74) is 7.89. The molecule has 4 rings (SSSR count). The number of halogens is 1. The summed E-state index contributed by atoms with van der Waals surface area (Å²) in [6.45, 7) is 2.57. The highest BCUT2D eigenvalue weighted by Crippen LogP contribution is 2.31. The number of carbonyl (C=O) groups excluding carboxylic acids is 3. The number of phenols is 1. The highest BCUT2D eigenvalue weighted by molar-refractivity contribution is 9.10. The van der Waals surface area contributed by atoms with E-state index in [0.717, 1.165) is 22.9 Å². The monoisotopic (exact) mass is 568 g/mol. The number of hydrogen-bond donors (Lipinski definition) is 3. The lowest BCUT2D eigenvalue weighted by Crippen LogP contribution is -2.52. The van der Waals surface area contributed by atoms with Crippen LogP contribution < -0.4 is 11.1 Å². The van der Waals surface area contributed by atoms with Crippen molar-refractivity contribution in [3.63, 3.8) is 0 Å². The molecule has 2 aliphatic rings. The van der Waals surface area contributed by atoms with Crippen molar-refractivity contribution in [1.82, 2.24) is 10.2 Å². The van der Waals surface area contributed by atoms with Crippen molar-refractivity contribution in [2.75, 3.05) is 6.54 Å². The van der Waals surface area contributed by atoms with Crippen LogP contribution in [0, 0.1) is 0 Å². The molecule has 1 fully saturated rings. The van der Waals surface area contributed by atoms with Gasteiger partial charge in [0.15, 0.2) is 5.70 Å². The van der Waals surface area contributed by atoms with E-state index in [0.29, 0.717) is 30.6 Å². The average molecular weight is 569 g/mol. The average Bonchev–Trinajstić information content (AvgIpc) is 3.51. The van der Waals surface area contributed by atoms with Gasteiger partial charge in [-0.3, -0.25) is 9.59 Å². The Morgan fingerprint density at radius 3 is 2.57 bits per heavy atom. The maximum atomic E-state index is 13.4. The summed E-state index contributed by atoms with van der Waals surface area (Å²) < 4.78 is 6.38. The predicted molar refractivity (Wildman–Crippen MR) is 141 cm³/mol. The Labute approximate surface area is 223 Å². The van der Waals surface area contributed by atoms with Gasteiger partial charge in [-0.15, -0.1) is 0 Å². The summed E-state index contributed by atoms with van der Waals surface area (Å²) in [7, 11) is 0. The molecule has 0 bridgehead atoms. The number of esters is 1. The van der Waals surface area contributed by atoms with E-state index < -0.39 is 24.0 Å². The first kappa shape index (κ1) is 26.4. The number of phenolic OH excluding ortho intramolecular Hbond substituents is 1. The molecular formula is C27H29BrN4O5. The van der Waals surface area contributed by atoms with Crippen LogP contribution in [-0.4, -0.2) is 52.3 Å². The number of amides is 2. The van der Waals surface area contributed by atoms with Crippen molar-refractivity contribution >= 4 is 39.6 Å². The molecule has 0 spiro atoms. The molecule has 0 aliphatic carbocycles. The Balaban J connectivity index is 1.57. The third kappa shape index (κ3) is 6.19. The third-order valence-electron chi connectivity index (χ3n) is 6.39. The van der Waals surface area contributed by atoms with Gasteiger partial charge in [0.05, 0.1) is 0 Å². The van der Waals surface area contributed by atoms with E-state index in [4.69, 9.17) is 10.5 Å². The van der Waals surface area contributed by atoms with Crippen molar-refractivity contribution < 1.29 is 24.2 Å². The number of aromatic hydroxyl groups is 1. The summed E-state index contributed by atoms with van der Waals surface area (Å²) >= 11 is 3.39. The Morgan fingerprint density at radius 2 is 1.92 bits per heavy atom. The highest BCUT2D eigenvalue weighted by atomic mass is 79.9. The molecular weight excluding hydrogens is 540 g/mol. The number of ether oxygens (including phenoxy) is 1. The van der Waals surface area contributed by atoms with E-state index in [-0.39, 0.29) is 29.7 Å². The van der Waals surface area contributed by atoms with Gasteiger partial charge in [0, 0.05) is 28.7 Å². The number of aliphatic imine (C=N–C) groups is 1. The number of cyclic esters (lactones) is 1. The first-order valence-corrected chi connectivity index (χ1v) is 13.0. The number of hydrogen-bond acceptors (Lipinski definition) is 7. The van der Waals surface area contributed by atoms with E-state index in [1.165, 1.54) is 12.1 Å². The Hall–Kier alpha value is -3.66.